The van der Waals surface area contributed by atoms with Crippen LogP contribution in [0.3, 0.4) is 0 Å². The molecule has 2 nitrogen and oxygen atoms in total. The Labute approximate surface area is 121 Å². The van der Waals surface area contributed by atoms with E-state index in [4.69, 9.17) is 0 Å². The van der Waals surface area contributed by atoms with E-state index in [1.165, 1.54) is 0 Å². The van der Waals surface area contributed by atoms with Crippen molar-refractivity contribution in [2.45, 2.75) is 34.6 Å². The Morgan fingerprint density at radius 3 is 1.87 bits per heavy atom. The molecule has 0 spiro atoms. The predicted octanol–water partition coefficient (Wildman–Crippen LogP) is 3.71. The van der Waals surface area contributed by atoms with Gasteiger partial charge in [-0.3, -0.25) is 4.79 Å². The van der Waals surface area contributed by atoms with Crippen LogP contribution in [0.2, 0.25) is 0 Å². The maximum atomic E-state index is 12.2. The minimum atomic E-state index is -0.239. The fourth-order valence-corrected chi connectivity index (χ4v) is 2.10. The Kier molecular flexibility index (Phi) is 6.40. The highest BCUT2D eigenvalue weighted by atomic mass is 127. The van der Waals surface area contributed by atoms with Crippen molar-refractivity contribution in [1.82, 2.24) is 4.90 Å². The summed E-state index contributed by atoms with van der Waals surface area (Å²) in [6.45, 7) is 11.4. The number of rotatable bonds is 4. The summed E-state index contributed by atoms with van der Waals surface area (Å²) in [5, 5.41) is 0. The van der Waals surface area contributed by atoms with Gasteiger partial charge < -0.3 is 4.90 Å². The predicted molar refractivity (Wildman–Crippen MR) is 82.7 cm³/mol. The van der Waals surface area contributed by atoms with Gasteiger partial charge in [0.15, 0.2) is 0 Å². The van der Waals surface area contributed by atoms with Crippen molar-refractivity contribution in [2.24, 2.45) is 10.8 Å². The number of hydrogen-bond acceptors (Lipinski definition) is 1. The van der Waals surface area contributed by atoms with Crippen LogP contribution in [0.15, 0.2) is 0 Å². The van der Waals surface area contributed by atoms with E-state index in [-0.39, 0.29) is 16.7 Å². The molecule has 0 saturated heterocycles. The van der Waals surface area contributed by atoms with Crippen LogP contribution in [-0.4, -0.2) is 26.3 Å². The Hall–Kier alpha value is 0.930. The fraction of sp³-hybridized carbons (Fsp3) is 0.909. The molecule has 0 atom stereocenters. The van der Waals surface area contributed by atoms with Crippen LogP contribution in [0.1, 0.15) is 34.6 Å². The zero-order valence-corrected chi connectivity index (χ0v) is 14.5. The van der Waals surface area contributed by atoms with Crippen molar-refractivity contribution in [3.63, 3.8) is 0 Å². The molecular formula is C11H21I2NO. The van der Waals surface area contributed by atoms with Gasteiger partial charge in [0, 0.05) is 11.0 Å². The minimum Gasteiger partial charge on any atom is -0.333 e. The fourth-order valence-electron chi connectivity index (χ4n) is 1.23. The van der Waals surface area contributed by atoms with Crippen molar-refractivity contribution in [2.75, 3.05) is 15.5 Å². The second-order valence-electron chi connectivity index (χ2n) is 5.70. The molecule has 0 N–H and O–H groups in total. The van der Waals surface area contributed by atoms with Crippen molar-refractivity contribution < 1.29 is 4.79 Å². The van der Waals surface area contributed by atoms with E-state index < -0.39 is 0 Å². The van der Waals surface area contributed by atoms with Crippen molar-refractivity contribution in [3.8, 4) is 0 Å². The number of carbonyl (C=O) groups excluding carboxylic acids is 1. The molecule has 0 heterocycles. The Bertz CT molecular complexity index is 221. The van der Waals surface area contributed by atoms with Gasteiger partial charge in [0.05, 0.1) is 9.97 Å². The van der Waals surface area contributed by atoms with Gasteiger partial charge in [-0.1, -0.05) is 79.8 Å². The molecule has 0 aliphatic rings. The average Bonchev–Trinajstić information content (AvgIpc) is 2.11. The zero-order chi connectivity index (χ0) is 12.3. The van der Waals surface area contributed by atoms with Crippen LogP contribution in [0.5, 0.6) is 0 Å². The molecule has 0 aliphatic heterocycles. The molecule has 0 radical (unpaired) electrons. The van der Waals surface area contributed by atoms with Gasteiger partial charge in [0.2, 0.25) is 5.91 Å². The molecular weight excluding hydrogens is 416 g/mol. The van der Waals surface area contributed by atoms with Crippen LogP contribution >= 0.6 is 45.2 Å². The smallest absolute Gasteiger partial charge is 0.229 e. The van der Waals surface area contributed by atoms with Crippen molar-refractivity contribution >= 4 is 51.1 Å². The third kappa shape index (κ3) is 5.70. The lowest BCUT2D eigenvalue weighted by Crippen LogP contribution is -2.44. The van der Waals surface area contributed by atoms with E-state index in [1.54, 1.807) is 0 Å². The highest BCUT2D eigenvalue weighted by Crippen LogP contribution is 2.25. The largest absolute Gasteiger partial charge is 0.333 e. The second kappa shape index (κ2) is 6.02. The highest BCUT2D eigenvalue weighted by molar-refractivity contribution is 14.1. The number of amides is 1. The SMILES string of the molecule is CC(C)(C)CN(CI)C(=O)C(C)(C)CI. The summed E-state index contributed by atoms with van der Waals surface area (Å²) in [5.74, 6) is 0.265. The van der Waals surface area contributed by atoms with E-state index in [0.29, 0.717) is 0 Å². The number of halogens is 2. The van der Waals surface area contributed by atoms with Crippen LogP contribution in [0.4, 0.5) is 0 Å². The van der Waals surface area contributed by atoms with Gasteiger partial charge >= 0.3 is 0 Å². The van der Waals surface area contributed by atoms with Gasteiger partial charge in [-0.2, -0.15) is 0 Å². The zero-order valence-electron chi connectivity index (χ0n) is 10.2. The monoisotopic (exact) mass is 437 g/mol. The summed E-state index contributed by atoms with van der Waals surface area (Å²) < 4.78 is 1.63. The molecule has 0 unspecified atom stereocenters. The van der Waals surface area contributed by atoms with Gasteiger partial charge in [-0.05, 0) is 5.41 Å². The number of nitrogens with zero attached hydrogens (tertiary/aromatic N) is 1. The first kappa shape index (κ1) is 15.9. The van der Waals surface area contributed by atoms with Crippen LogP contribution < -0.4 is 0 Å². The maximum Gasteiger partial charge on any atom is 0.229 e. The first-order chi connectivity index (χ1) is 6.64. The molecule has 0 aliphatic carbocycles. The Morgan fingerprint density at radius 1 is 1.13 bits per heavy atom. The first-order valence-corrected chi connectivity index (χ1v) is 8.10. The molecule has 0 aromatic rings. The van der Waals surface area contributed by atoms with Crippen LogP contribution in [0, 0.1) is 10.8 Å². The van der Waals surface area contributed by atoms with E-state index in [1.807, 2.05) is 18.7 Å². The van der Waals surface area contributed by atoms with E-state index in [9.17, 15) is 4.79 Å². The summed E-state index contributed by atoms with van der Waals surface area (Å²) >= 11 is 4.55. The lowest BCUT2D eigenvalue weighted by molar-refractivity contribution is -0.139. The van der Waals surface area contributed by atoms with Crippen LogP contribution in [0.25, 0.3) is 0 Å². The quantitative estimate of drug-likeness (QED) is 0.373. The summed E-state index contributed by atoms with van der Waals surface area (Å²) in [6, 6.07) is 0. The number of carbonyl (C=O) groups is 1. The van der Waals surface area contributed by atoms with Crippen molar-refractivity contribution in [1.29, 1.82) is 0 Å². The molecule has 0 aromatic carbocycles. The van der Waals surface area contributed by atoms with E-state index in [2.05, 4.69) is 66.0 Å². The Balaban J connectivity index is 4.63. The van der Waals surface area contributed by atoms with Crippen LogP contribution in [-0.2, 0) is 4.79 Å². The molecule has 0 bridgehead atoms. The normalized spacial score (nSPS) is 12.7. The van der Waals surface area contributed by atoms with E-state index in [0.717, 1.165) is 15.5 Å². The molecule has 1 amide bonds. The summed E-state index contributed by atoms with van der Waals surface area (Å²) in [6.07, 6.45) is 0. The average molecular weight is 437 g/mol. The third-order valence-electron chi connectivity index (χ3n) is 2.01. The third-order valence-corrected chi connectivity index (χ3v) is 4.74. The topological polar surface area (TPSA) is 20.3 Å². The maximum absolute atomic E-state index is 12.2. The molecule has 90 valence electrons. The standard InChI is InChI=1S/C11H21I2NO/c1-10(2,3)7-14(8-13)9(15)11(4,5)6-12/h6-8H2,1-5H3. The molecule has 0 aromatic heterocycles. The van der Waals surface area contributed by atoms with Crippen molar-refractivity contribution in [3.05, 3.63) is 0 Å². The molecule has 0 rings (SSSR count). The van der Waals surface area contributed by atoms with E-state index >= 15 is 0 Å². The number of alkyl halides is 2. The second-order valence-corrected chi connectivity index (χ2v) is 7.15. The first-order valence-electron chi connectivity index (χ1n) is 5.05. The lowest BCUT2D eigenvalue weighted by Gasteiger charge is -2.33. The molecule has 4 heteroatoms. The number of hydrogen-bond donors (Lipinski definition) is 0. The highest BCUT2D eigenvalue weighted by Gasteiger charge is 2.32. The Morgan fingerprint density at radius 2 is 1.60 bits per heavy atom. The molecule has 0 saturated carbocycles. The lowest BCUT2D eigenvalue weighted by atomic mass is 9.92. The molecule has 0 fully saturated rings. The minimum absolute atomic E-state index is 0.169. The summed E-state index contributed by atoms with van der Waals surface area (Å²) in [4.78, 5) is 14.2. The summed E-state index contributed by atoms with van der Waals surface area (Å²) in [7, 11) is 0. The van der Waals surface area contributed by atoms with Gasteiger partial charge in [0.1, 0.15) is 0 Å². The molecule has 15 heavy (non-hydrogen) atoms. The van der Waals surface area contributed by atoms with Gasteiger partial charge in [-0.15, -0.1) is 0 Å². The van der Waals surface area contributed by atoms with Gasteiger partial charge in [-0.25, -0.2) is 0 Å². The van der Waals surface area contributed by atoms with Gasteiger partial charge in [0.25, 0.3) is 0 Å². The summed E-state index contributed by atoms with van der Waals surface area (Å²) in [5.41, 5.74) is -0.0703.